The van der Waals surface area contributed by atoms with E-state index in [9.17, 15) is 9.59 Å². The van der Waals surface area contributed by atoms with E-state index in [-0.39, 0.29) is 12.0 Å². The molecule has 2 aromatic rings. The first-order valence-corrected chi connectivity index (χ1v) is 11.6. The second kappa shape index (κ2) is 9.74. The van der Waals surface area contributed by atoms with Gasteiger partial charge in [-0.1, -0.05) is 36.4 Å². The van der Waals surface area contributed by atoms with Crippen LogP contribution in [-0.4, -0.2) is 49.7 Å². The molecular formula is C26H33N3O3. The number of aryl methyl sites for hydroxylation is 1. The summed E-state index contributed by atoms with van der Waals surface area (Å²) in [5.74, 6) is -0.0802. The average Bonchev–Trinajstić information content (AvgIpc) is 3.22. The smallest absolute Gasteiger partial charge is 0.321 e. The van der Waals surface area contributed by atoms with E-state index in [4.69, 9.17) is 4.74 Å². The van der Waals surface area contributed by atoms with Gasteiger partial charge in [0.1, 0.15) is 0 Å². The molecule has 0 bridgehead atoms. The molecule has 1 unspecified atom stereocenters. The van der Waals surface area contributed by atoms with E-state index < -0.39 is 5.41 Å². The van der Waals surface area contributed by atoms with Gasteiger partial charge in [-0.2, -0.15) is 0 Å². The number of carbonyl (C=O) groups excluding carboxylic acids is 2. The molecule has 2 aliphatic rings. The maximum Gasteiger partial charge on any atom is 0.321 e. The van der Waals surface area contributed by atoms with Gasteiger partial charge in [-0.3, -0.25) is 14.6 Å². The van der Waals surface area contributed by atoms with E-state index in [0.717, 1.165) is 31.6 Å². The highest BCUT2D eigenvalue weighted by Gasteiger charge is 2.43. The minimum Gasteiger partial charge on any atom is -0.466 e. The normalized spacial score (nSPS) is 21.4. The average molecular weight is 436 g/mol. The molecule has 2 fully saturated rings. The van der Waals surface area contributed by atoms with Crippen LogP contribution in [0.15, 0.2) is 48.5 Å². The first-order valence-electron chi connectivity index (χ1n) is 11.6. The molecule has 6 heteroatoms. The largest absolute Gasteiger partial charge is 0.466 e. The Kier molecular flexibility index (Phi) is 6.80. The molecule has 0 aliphatic carbocycles. The van der Waals surface area contributed by atoms with Gasteiger partial charge in [0, 0.05) is 31.9 Å². The van der Waals surface area contributed by atoms with Crippen LogP contribution in [0.3, 0.4) is 0 Å². The van der Waals surface area contributed by atoms with Crippen LogP contribution >= 0.6 is 0 Å². The van der Waals surface area contributed by atoms with E-state index in [1.165, 1.54) is 16.7 Å². The zero-order valence-corrected chi connectivity index (χ0v) is 19.1. The van der Waals surface area contributed by atoms with Gasteiger partial charge in [-0.15, -0.1) is 0 Å². The van der Waals surface area contributed by atoms with Crippen LogP contribution in [0.2, 0.25) is 0 Å². The quantitative estimate of drug-likeness (QED) is 0.670. The summed E-state index contributed by atoms with van der Waals surface area (Å²) < 4.78 is 5.57. The van der Waals surface area contributed by atoms with Crippen LogP contribution in [0.5, 0.6) is 0 Å². The maximum absolute atomic E-state index is 13.2. The van der Waals surface area contributed by atoms with Crippen molar-refractivity contribution in [1.29, 1.82) is 0 Å². The highest BCUT2D eigenvalue weighted by atomic mass is 16.5. The third kappa shape index (κ3) is 4.80. The van der Waals surface area contributed by atoms with Crippen LogP contribution in [0, 0.1) is 12.3 Å². The molecule has 2 amide bonds. The van der Waals surface area contributed by atoms with Gasteiger partial charge < -0.3 is 10.1 Å². The number of hydrogen-bond acceptors (Lipinski definition) is 4. The van der Waals surface area contributed by atoms with Gasteiger partial charge in [0.2, 0.25) is 0 Å². The van der Waals surface area contributed by atoms with Gasteiger partial charge in [0.15, 0.2) is 0 Å². The minimum atomic E-state index is -0.520. The Morgan fingerprint density at radius 3 is 2.59 bits per heavy atom. The predicted octanol–water partition coefficient (Wildman–Crippen LogP) is 3.91. The lowest BCUT2D eigenvalue weighted by Crippen LogP contribution is -2.49. The number of esters is 1. The number of hydrogen-bond donors (Lipinski definition) is 1. The van der Waals surface area contributed by atoms with Gasteiger partial charge in [-0.05, 0) is 68.5 Å². The fourth-order valence-electron chi connectivity index (χ4n) is 4.96. The van der Waals surface area contributed by atoms with Crippen molar-refractivity contribution in [3.05, 3.63) is 65.2 Å². The van der Waals surface area contributed by atoms with Crippen LogP contribution in [0.1, 0.15) is 36.5 Å². The molecule has 1 atom stereocenters. The highest BCUT2D eigenvalue weighted by molar-refractivity contribution is 5.94. The molecule has 4 rings (SSSR count). The molecule has 32 heavy (non-hydrogen) atoms. The van der Waals surface area contributed by atoms with Crippen molar-refractivity contribution in [3.8, 4) is 0 Å². The fourth-order valence-corrected chi connectivity index (χ4v) is 4.96. The number of rotatable bonds is 7. The number of carbonyl (C=O) groups is 2. The molecule has 170 valence electrons. The molecule has 2 aliphatic heterocycles. The lowest BCUT2D eigenvalue weighted by molar-refractivity contribution is -0.159. The lowest BCUT2D eigenvalue weighted by atomic mass is 9.74. The van der Waals surface area contributed by atoms with Crippen LogP contribution in [-0.2, 0) is 22.5 Å². The van der Waals surface area contributed by atoms with E-state index in [0.29, 0.717) is 32.7 Å². The van der Waals surface area contributed by atoms with Crippen molar-refractivity contribution in [2.75, 3.05) is 37.7 Å². The summed E-state index contributed by atoms with van der Waals surface area (Å²) >= 11 is 0. The van der Waals surface area contributed by atoms with Gasteiger partial charge >= 0.3 is 12.0 Å². The molecule has 2 saturated heterocycles. The molecule has 2 aromatic carbocycles. The first kappa shape index (κ1) is 22.3. The summed E-state index contributed by atoms with van der Waals surface area (Å²) in [5.41, 5.74) is 4.02. The van der Waals surface area contributed by atoms with Crippen LogP contribution in [0.25, 0.3) is 0 Å². The topological polar surface area (TPSA) is 61.9 Å². The van der Waals surface area contributed by atoms with E-state index in [1.807, 2.05) is 31.2 Å². The number of ether oxygens (including phenoxy) is 1. The van der Waals surface area contributed by atoms with Crippen molar-refractivity contribution >= 4 is 17.7 Å². The number of nitrogens with one attached hydrogen (secondary N) is 1. The number of urea groups is 1. The monoisotopic (exact) mass is 435 g/mol. The zero-order valence-electron chi connectivity index (χ0n) is 19.1. The Morgan fingerprint density at radius 2 is 1.91 bits per heavy atom. The summed E-state index contributed by atoms with van der Waals surface area (Å²) in [6, 6.07) is 16.5. The van der Waals surface area contributed by atoms with E-state index >= 15 is 0 Å². The summed E-state index contributed by atoms with van der Waals surface area (Å²) in [4.78, 5) is 29.2. The summed E-state index contributed by atoms with van der Waals surface area (Å²) in [6.45, 7) is 8.21. The Labute approximate surface area is 190 Å². The minimum absolute atomic E-state index is 0.0378. The molecule has 6 nitrogen and oxygen atoms in total. The number of amides is 2. The van der Waals surface area contributed by atoms with E-state index in [1.54, 1.807) is 4.90 Å². The van der Waals surface area contributed by atoms with Crippen LogP contribution in [0.4, 0.5) is 10.5 Å². The summed E-state index contributed by atoms with van der Waals surface area (Å²) in [6.07, 6.45) is 2.52. The van der Waals surface area contributed by atoms with Gasteiger partial charge in [-0.25, -0.2) is 4.79 Å². The van der Waals surface area contributed by atoms with Crippen molar-refractivity contribution in [2.45, 2.75) is 39.7 Å². The Balaban J connectivity index is 1.49. The van der Waals surface area contributed by atoms with Crippen molar-refractivity contribution < 1.29 is 14.3 Å². The van der Waals surface area contributed by atoms with Gasteiger partial charge in [0.25, 0.3) is 0 Å². The molecule has 0 radical (unpaired) electrons. The zero-order chi connectivity index (χ0) is 22.6. The second-order valence-corrected chi connectivity index (χ2v) is 8.97. The van der Waals surface area contributed by atoms with Gasteiger partial charge in [0.05, 0.1) is 12.0 Å². The van der Waals surface area contributed by atoms with Crippen molar-refractivity contribution in [1.82, 2.24) is 10.2 Å². The van der Waals surface area contributed by atoms with E-state index in [2.05, 4.69) is 41.4 Å². The number of likely N-dealkylation sites (tertiary alicyclic amines) is 1. The molecule has 0 aromatic heterocycles. The maximum atomic E-state index is 13.2. The lowest BCUT2D eigenvalue weighted by Gasteiger charge is -2.41. The predicted molar refractivity (Wildman–Crippen MR) is 126 cm³/mol. The fraction of sp³-hybridized carbons (Fsp3) is 0.462. The molecule has 1 N–H and O–H groups in total. The summed E-state index contributed by atoms with van der Waals surface area (Å²) in [7, 11) is 0. The van der Waals surface area contributed by atoms with Crippen LogP contribution < -0.4 is 10.2 Å². The number of anilines is 1. The molecule has 2 heterocycles. The Hall–Kier alpha value is -2.86. The Morgan fingerprint density at radius 1 is 1.12 bits per heavy atom. The third-order valence-electron chi connectivity index (χ3n) is 6.67. The molecule has 0 saturated carbocycles. The number of piperidine rings is 1. The second-order valence-electron chi connectivity index (χ2n) is 8.97. The van der Waals surface area contributed by atoms with Crippen molar-refractivity contribution in [2.24, 2.45) is 5.41 Å². The molecule has 0 spiro atoms. The van der Waals surface area contributed by atoms with Crippen molar-refractivity contribution in [3.63, 3.8) is 0 Å². The standard InChI is InChI=1S/C26H33N3O3/c1-3-32-24(30)26(17-22-8-5-4-7-20(22)2)13-6-15-28(19-26)18-21-9-11-23(12-10-21)29-16-14-27-25(29)31/h4-5,7-12H,3,6,13-19H2,1-2H3,(H,27,31). The first-order chi connectivity index (χ1) is 15.5. The third-order valence-corrected chi connectivity index (χ3v) is 6.67. The Bertz CT molecular complexity index is 959. The SMILES string of the molecule is CCOC(=O)C1(Cc2ccccc2C)CCCN(Cc2ccc(N3CCNC3=O)cc2)C1. The highest BCUT2D eigenvalue weighted by Crippen LogP contribution is 2.36. The molecular weight excluding hydrogens is 402 g/mol. The number of nitrogens with zero attached hydrogens (tertiary/aromatic N) is 2. The number of benzene rings is 2. The summed E-state index contributed by atoms with van der Waals surface area (Å²) in [5, 5.41) is 2.84.